The van der Waals surface area contributed by atoms with Crippen molar-refractivity contribution < 1.29 is 9.47 Å². The second-order valence-electron chi connectivity index (χ2n) is 8.65. The summed E-state index contributed by atoms with van der Waals surface area (Å²) < 4.78 is 14.5. The van der Waals surface area contributed by atoms with Crippen LogP contribution in [-0.2, 0) is 0 Å². The third-order valence-electron chi connectivity index (χ3n) is 6.61. The molecule has 4 heterocycles. The molecular formula is C27H23BrN4O2S. The van der Waals surface area contributed by atoms with Gasteiger partial charge in [0, 0.05) is 33.8 Å². The van der Waals surface area contributed by atoms with Gasteiger partial charge in [0.2, 0.25) is 6.79 Å². The fourth-order valence-electron chi connectivity index (χ4n) is 5.07. The molecule has 0 spiro atoms. The van der Waals surface area contributed by atoms with Crippen molar-refractivity contribution in [1.29, 1.82) is 0 Å². The predicted molar refractivity (Wildman–Crippen MR) is 143 cm³/mol. The average Bonchev–Trinajstić information content (AvgIpc) is 3.55. The van der Waals surface area contributed by atoms with Gasteiger partial charge in [0.05, 0.1) is 23.5 Å². The SMILES string of the molecule is Cc1cc([C@H]2[C@H](c3ccccn3)NC(=S)N2c2ccc3c(c2)OCO3)c(C)n1-c1ccccc1Br. The summed E-state index contributed by atoms with van der Waals surface area (Å²) in [4.78, 5) is 6.85. The van der Waals surface area contributed by atoms with Crippen LogP contribution >= 0.6 is 28.1 Å². The fraction of sp³-hybridized carbons (Fsp3) is 0.185. The number of rotatable bonds is 4. The first-order valence-electron chi connectivity index (χ1n) is 11.4. The predicted octanol–water partition coefficient (Wildman–Crippen LogP) is 6.16. The van der Waals surface area contributed by atoms with Gasteiger partial charge < -0.3 is 24.3 Å². The number of benzene rings is 2. The number of para-hydroxylation sites is 1. The van der Waals surface area contributed by atoms with Crippen molar-refractivity contribution in [2.75, 3.05) is 11.7 Å². The second kappa shape index (κ2) is 8.70. The standard InChI is InChI=1S/C27H23BrN4O2S/c1-16-13-19(17(2)31(16)22-9-4-3-7-20(22)28)26-25(21-8-5-6-12-29-21)30-27(35)32(26)18-10-11-23-24(14-18)34-15-33-23/h3-14,25-26H,15H2,1-2H3,(H,30,35)/t25-,26-/m0/s1. The van der Waals surface area contributed by atoms with Gasteiger partial charge in [0.1, 0.15) is 0 Å². The lowest BCUT2D eigenvalue weighted by Gasteiger charge is -2.28. The lowest BCUT2D eigenvalue weighted by Crippen LogP contribution is -2.29. The van der Waals surface area contributed by atoms with Crippen molar-refractivity contribution in [3.63, 3.8) is 0 Å². The molecule has 1 fully saturated rings. The number of thiocarbonyl (C=S) groups is 1. The Morgan fingerprint density at radius 3 is 2.60 bits per heavy atom. The van der Waals surface area contributed by atoms with Crippen LogP contribution in [0.3, 0.4) is 0 Å². The normalized spacial score (nSPS) is 18.7. The minimum Gasteiger partial charge on any atom is -0.454 e. The van der Waals surface area contributed by atoms with Gasteiger partial charge >= 0.3 is 0 Å². The van der Waals surface area contributed by atoms with Crippen molar-refractivity contribution in [2.24, 2.45) is 0 Å². The summed E-state index contributed by atoms with van der Waals surface area (Å²) in [7, 11) is 0. The van der Waals surface area contributed by atoms with Crippen LogP contribution in [0.1, 0.15) is 34.7 Å². The fourth-order valence-corrected chi connectivity index (χ4v) is 5.88. The van der Waals surface area contributed by atoms with E-state index in [2.05, 4.69) is 73.8 Å². The number of halogens is 1. The highest BCUT2D eigenvalue weighted by Crippen LogP contribution is 2.46. The summed E-state index contributed by atoms with van der Waals surface area (Å²) in [5, 5.41) is 4.19. The number of nitrogens with one attached hydrogen (secondary N) is 1. The molecule has 2 atom stereocenters. The highest BCUT2D eigenvalue weighted by Gasteiger charge is 2.42. The molecule has 2 aliphatic heterocycles. The molecule has 0 aliphatic carbocycles. The van der Waals surface area contributed by atoms with Gasteiger partial charge in [-0.25, -0.2) is 0 Å². The summed E-state index contributed by atoms with van der Waals surface area (Å²) in [5.74, 6) is 1.47. The number of pyridine rings is 1. The minimum absolute atomic E-state index is 0.111. The third kappa shape index (κ3) is 3.68. The molecule has 2 aromatic carbocycles. The van der Waals surface area contributed by atoms with Crippen molar-refractivity contribution in [3.05, 3.63) is 100 Å². The summed E-state index contributed by atoms with van der Waals surface area (Å²) >= 11 is 9.63. The first kappa shape index (κ1) is 22.1. The van der Waals surface area contributed by atoms with Gasteiger partial charge in [-0.05, 0) is 90.0 Å². The first-order valence-corrected chi connectivity index (χ1v) is 12.6. The number of hydrogen-bond donors (Lipinski definition) is 1. The van der Waals surface area contributed by atoms with E-state index < -0.39 is 0 Å². The van der Waals surface area contributed by atoms with E-state index in [1.165, 1.54) is 5.56 Å². The Labute approximate surface area is 217 Å². The molecule has 0 radical (unpaired) electrons. The Bertz CT molecular complexity index is 1440. The number of ether oxygens (including phenoxy) is 2. The quantitative estimate of drug-likeness (QED) is 0.309. The number of nitrogens with zero attached hydrogens (tertiary/aromatic N) is 3. The lowest BCUT2D eigenvalue weighted by atomic mass is 9.96. The molecule has 0 unspecified atom stereocenters. The van der Waals surface area contributed by atoms with E-state index in [1.54, 1.807) is 0 Å². The van der Waals surface area contributed by atoms with E-state index >= 15 is 0 Å². The Kier molecular flexibility index (Phi) is 5.50. The maximum atomic E-state index is 5.90. The number of fused-ring (bicyclic) bond motifs is 1. The average molecular weight is 547 g/mol. The van der Waals surface area contributed by atoms with Gasteiger partial charge in [-0.2, -0.15) is 0 Å². The van der Waals surface area contributed by atoms with Crippen molar-refractivity contribution in [2.45, 2.75) is 25.9 Å². The van der Waals surface area contributed by atoms with Crippen LogP contribution in [0.5, 0.6) is 11.5 Å². The van der Waals surface area contributed by atoms with Crippen molar-refractivity contribution >= 4 is 38.9 Å². The van der Waals surface area contributed by atoms with Gasteiger partial charge in [-0.1, -0.05) is 18.2 Å². The molecular weight excluding hydrogens is 524 g/mol. The molecule has 8 heteroatoms. The number of aryl methyl sites for hydroxylation is 1. The van der Waals surface area contributed by atoms with E-state index in [4.69, 9.17) is 21.7 Å². The molecule has 4 aromatic rings. The molecule has 2 aromatic heterocycles. The molecule has 176 valence electrons. The van der Waals surface area contributed by atoms with E-state index in [9.17, 15) is 0 Å². The van der Waals surface area contributed by atoms with E-state index in [0.717, 1.165) is 44.4 Å². The van der Waals surface area contributed by atoms with E-state index in [1.807, 2.05) is 48.7 Å². The molecule has 0 bridgehead atoms. The van der Waals surface area contributed by atoms with Crippen LogP contribution in [0.2, 0.25) is 0 Å². The molecule has 1 saturated heterocycles. The smallest absolute Gasteiger partial charge is 0.231 e. The van der Waals surface area contributed by atoms with Crippen LogP contribution in [0, 0.1) is 13.8 Å². The topological polar surface area (TPSA) is 51.6 Å². The minimum atomic E-state index is -0.123. The molecule has 6 rings (SSSR count). The highest BCUT2D eigenvalue weighted by molar-refractivity contribution is 9.10. The summed E-state index contributed by atoms with van der Waals surface area (Å²) in [6, 6.07) is 22.2. The molecule has 2 aliphatic rings. The zero-order valence-corrected chi connectivity index (χ0v) is 21.6. The number of anilines is 1. The largest absolute Gasteiger partial charge is 0.454 e. The van der Waals surface area contributed by atoms with Gasteiger partial charge in [-0.15, -0.1) is 0 Å². The number of hydrogen-bond acceptors (Lipinski definition) is 4. The van der Waals surface area contributed by atoms with Crippen LogP contribution in [0.4, 0.5) is 5.69 Å². The Balaban J connectivity index is 1.52. The maximum Gasteiger partial charge on any atom is 0.231 e. The molecule has 6 nitrogen and oxygen atoms in total. The van der Waals surface area contributed by atoms with Crippen LogP contribution in [-0.4, -0.2) is 21.5 Å². The lowest BCUT2D eigenvalue weighted by molar-refractivity contribution is 0.174. The van der Waals surface area contributed by atoms with Crippen molar-refractivity contribution in [1.82, 2.24) is 14.9 Å². The van der Waals surface area contributed by atoms with Crippen LogP contribution < -0.4 is 19.7 Å². The third-order valence-corrected chi connectivity index (χ3v) is 7.60. The van der Waals surface area contributed by atoms with E-state index in [-0.39, 0.29) is 18.9 Å². The van der Waals surface area contributed by atoms with Gasteiger partial charge in [0.25, 0.3) is 0 Å². The molecule has 0 amide bonds. The van der Waals surface area contributed by atoms with Crippen LogP contribution in [0.25, 0.3) is 5.69 Å². The monoisotopic (exact) mass is 546 g/mol. The van der Waals surface area contributed by atoms with Crippen LogP contribution in [0.15, 0.2) is 77.4 Å². The summed E-state index contributed by atoms with van der Waals surface area (Å²) in [6.45, 7) is 4.53. The van der Waals surface area contributed by atoms with Gasteiger partial charge in [0.15, 0.2) is 16.6 Å². The molecule has 0 saturated carbocycles. The van der Waals surface area contributed by atoms with E-state index in [0.29, 0.717) is 5.11 Å². The van der Waals surface area contributed by atoms with Crippen molar-refractivity contribution in [3.8, 4) is 17.2 Å². The first-order chi connectivity index (χ1) is 17.0. The maximum absolute atomic E-state index is 5.90. The highest BCUT2D eigenvalue weighted by atomic mass is 79.9. The number of aromatic nitrogens is 2. The Morgan fingerprint density at radius 1 is 1.00 bits per heavy atom. The Hall–Kier alpha value is -3.36. The Morgan fingerprint density at radius 2 is 1.80 bits per heavy atom. The zero-order valence-electron chi connectivity index (χ0n) is 19.2. The molecule has 35 heavy (non-hydrogen) atoms. The second-order valence-corrected chi connectivity index (χ2v) is 9.89. The van der Waals surface area contributed by atoms with Gasteiger partial charge in [-0.3, -0.25) is 4.98 Å². The summed E-state index contributed by atoms with van der Waals surface area (Å²) in [6.07, 6.45) is 1.82. The summed E-state index contributed by atoms with van der Waals surface area (Å²) in [5.41, 5.74) is 6.46. The molecule has 1 N–H and O–H groups in total. The zero-order chi connectivity index (χ0) is 24.1.